The molecule has 0 aliphatic carbocycles. The van der Waals surface area contributed by atoms with Crippen LogP contribution in [0.15, 0.2) is 17.3 Å². The lowest BCUT2D eigenvalue weighted by Gasteiger charge is -2.34. The molecule has 0 amide bonds. The van der Waals surface area contributed by atoms with Gasteiger partial charge in [0.1, 0.15) is 0 Å². The Morgan fingerprint density at radius 3 is 2.57 bits per heavy atom. The highest BCUT2D eigenvalue weighted by Crippen LogP contribution is 2.25. The van der Waals surface area contributed by atoms with Crippen molar-refractivity contribution in [1.29, 1.82) is 0 Å². The van der Waals surface area contributed by atoms with E-state index in [9.17, 15) is 8.42 Å². The fraction of sp³-hybridized carbons (Fsp3) is 0.769. The van der Waals surface area contributed by atoms with Gasteiger partial charge in [-0.25, -0.2) is 8.42 Å². The first-order chi connectivity index (χ1) is 9.98. The molecule has 2 aliphatic heterocycles. The maximum absolute atomic E-state index is 12.6. The maximum atomic E-state index is 12.6. The minimum atomic E-state index is -3.43. The average Bonchev–Trinajstić information content (AvgIpc) is 3.08. The molecule has 2 saturated heterocycles. The minimum Gasteiger partial charge on any atom is -0.328 e. The van der Waals surface area contributed by atoms with Crippen LogP contribution in [0.5, 0.6) is 0 Å². The molecule has 7 nitrogen and oxygen atoms in total. The Bertz CT molecular complexity index is 591. The number of piperidine rings is 1. The molecule has 1 unspecified atom stereocenters. The van der Waals surface area contributed by atoms with Crippen molar-refractivity contribution in [3.63, 3.8) is 0 Å². The van der Waals surface area contributed by atoms with E-state index < -0.39 is 10.0 Å². The Balaban J connectivity index is 1.68. The van der Waals surface area contributed by atoms with Crippen molar-refractivity contribution in [3.05, 3.63) is 12.3 Å². The summed E-state index contributed by atoms with van der Waals surface area (Å²) in [6.07, 6.45) is 4.43. The normalized spacial score (nSPS) is 26.5. The first-order valence-electron chi connectivity index (χ1n) is 7.46. The number of sulfonamides is 1. The van der Waals surface area contributed by atoms with Crippen LogP contribution in [0.3, 0.4) is 0 Å². The predicted molar refractivity (Wildman–Crippen MR) is 79.2 cm³/mol. The highest BCUT2D eigenvalue weighted by atomic mass is 32.2. The van der Waals surface area contributed by atoms with Crippen LogP contribution in [0, 0.1) is 0 Å². The summed E-state index contributed by atoms with van der Waals surface area (Å²) in [5.41, 5.74) is 5.93. The van der Waals surface area contributed by atoms with Crippen LogP contribution in [0.25, 0.3) is 0 Å². The third kappa shape index (κ3) is 2.85. The summed E-state index contributed by atoms with van der Waals surface area (Å²) >= 11 is 0. The summed E-state index contributed by atoms with van der Waals surface area (Å²) in [5.74, 6) is 0. The van der Waals surface area contributed by atoms with Crippen molar-refractivity contribution >= 4 is 10.0 Å². The lowest BCUT2D eigenvalue weighted by Crippen LogP contribution is -2.46. The van der Waals surface area contributed by atoms with Crippen LogP contribution in [0.1, 0.15) is 19.3 Å². The molecule has 0 radical (unpaired) electrons. The lowest BCUT2D eigenvalue weighted by molar-refractivity contribution is 0.159. The lowest BCUT2D eigenvalue weighted by atomic mass is 10.0. The van der Waals surface area contributed by atoms with Crippen molar-refractivity contribution < 1.29 is 8.42 Å². The molecule has 1 aromatic heterocycles. The second-order valence-electron chi connectivity index (χ2n) is 5.97. The number of nitrogens with zero attached hydrogens (tertiary/aromatic N) is 4. The topological polar surface area (TPSA) is 84.5 Å². The molecule has 3 rings (SSSR count). The van der Waals surface area contributed by atoms with Crippen molar-refractivity contribution in [1.82, 2.24) is 19.0 Å². The Morgan fingerprint density at radius 2 is 1.95 bits per heavy atom. The smallest absolute Gasteiger partial charge is 0.260 e. The molecule has 2 aliphatic rings. The van der Waals surface area contributed by atoms with Gasteiger partial charge in [0.05, 0.1) is 6.20 Å². The van der Waals surface area contributed by atoms with E-state index in [1.54, 1.807) is 17.4 Å². The van der Waals surface area contributed by atoms with Crippen LogP contribution in [0.2, 0.25) is 0 Å². The summed E-state index contributed by atoms with van der Waals surface area (Å²) in [6.45, 7) is 3.11. The first-order valence-corrected chi connectivity index (χ1v) is 8.90. The Labute approximate surface area is 125 Å². The van der Waals surface area contributed by atoms with E-state index in [0.29, 0.717) is 25.2 Å². The molecule has 0 aromatic carbocycles. The number of likely N-dealkylation sites (tertiary alicyclic amines) is 1. The van der Waals surface area contributed by atoms with Gasteiger partial charge >= 0.3 is 0 Å². The fourth-order valence-corrected chi connectivity index (χ4v) is 4.85. The van der Waals surface area contributed by atoms with Crippen LogP contribution >= 0.6 is 0 Å². The number of hydrogen-bond donors (Lipinski definition) is 1. The first kappa shape index (κ1) is 15.0. The van der Waals surface area contributed by atoms with Gasteiger partial charge in [0, 0.05) is 32.2 Å². The predicted octanol–water partition coefficient (Wildman–Crippen LogP) is -0.394. The molecule has 0 spiro atoms. The van der Waals surface area contributed by atoms with E-state index in [1.165, 1.54) is 10.9 Å². The van der Waals surface area contributed by atoms with Crippen molar-refractivity contribution in [3.8, 4) is 0 Å². The van der Waals surface area contributed by atoms with Gasteiger partial charge in [0.25, 0.3) is 10.0 Å². The van der Waals surface area contributed by atoms with Crippen LogP contribution in [-0.2, 0) is 17.1 Å². The summed E-state index contributed by atoms with van der Waals surface area (Å²) in [4.78, 5) is 2.39. The van der Waals surface area contributed by atoms with Crippen LogP contribution in [0.4, 0.5) is 0 Å². The maximum Gasteiger partial charge on any atom is 0.260 e. The summed E-state index contributed by atoms with van der Waals surface area (Å²) in [6, 6.07) is 2.18. The molecule has 2 N–H and O–H groups in total. The standard InChI is InChI=1S/C13H23N5O2S/c1-16-13(2-6-15-16)21(19,20)18-9-5-12(10-18)17-7-3-11(14)4-8-17/h2,6,11-12H,3-5,7-10,14H2,1H3. The highest BCUT2D eigenvalue weighted by molar-refractivity contribution is 7.89. The summed E-state index contributed by atoms with van der Waals surface area (Å²) < 4.78 is 28.3. The van der Waals surface area contributed by atoms with Gasteiger partial charge in [-0.15, -0.1) is 0 Å². The summed E-state index contributed by atoms with van der Waals surface area (Å²) in [5, 5.41) is 4.23. The van der Waals surface area contributed by atoms with Gasteiger partial charge in [0.2, 0.25) is 0 Å². The van der Waals surface area contributed by atoms with E-state index in [4.69, 9.17) is 5.73 Å². The number of aromatic nitrogens is 2. The Kier molecular flexibility index (Phi) is 4.04. The third-order valence-corrected chi connectivity index (χ3v) is 6.54. The molecule has 3 heterocycles. The van der Waals surface area contributed by atoms with Gasteiger partial charge in [-0.2, -0.15) is 9.40 Å². The number of hydrogen-bond acceptors (Lipinski definition) is 5. The van der Waals surface area contributed by atoms with Gasteiger partial charge in [-0.3, -0.25) is 9.58 Å². The molecule has 21 heavy (non-hydrogen) atoms. The number of nitrogens with two attached hydrogens (primary N) is 1. The second-order valence-corrected chi connectivity index (χ2v) is 7.86. The molecule has 1 atom stereocenters. The van der Waals surface area contributed by atoms with Gasteiger partial charge < -0.3 is 5.73 Å². The van der Waals surface area contributed by atoms with Crippen LogP contribution in [-0.4, -0.2) is 65.7 Å². The Morgan fingerprint density at radius 1 is 1.24 bits per heavy atom. The van der Waals surface area contributed by atoms with Crippen LogP contribution < -0.4 is 5.73 Å². The molecule has 118 valence electrons. The number of rotatable bonds is 3. The van der Waals surface area contributed by atoms with Gasteiger partial charge in [0.15, 0.2) is 5.03 Å². The van der Waals surface area contributed by atoms with E-state index in [0.717, 1.165) is 32.4 Å². The van der Waals surface area contributed by atoms with Crippen molar-refractivity contribution in [2.45, 2.75) is 36.4 Å². The highest BCUT2D eigenvalue weighted by Gasteiger charge is 2.37. The van der Waals surface area contributed by atoms with E-state index >= 15 is 0 Å². The quantitative estimate of drug-likeness (QED) is 0.821. The Hall–Kier alpha value is -0.960. The molecule has 8 heteroatoms. The summed E-state index contributed by atoms with van der Waals surface area (Å²) in [7, 11) is -1.77. The monoisotopic (exact) mass is 313 g/mol. The molecule has 1 aromatic rings. The molecule has 2 fully saturated rings. The van der Waals surface area contributed by atoms with Gasteiger partial charge in [-0.1, -0.05) is 0 Å². The average molecular weight is 313 g/mol. The molecular formula is C13H23N5O2S. The van der Waals surface area contributed by atoms with E-state index in [2.05, 4.69) is 10.00 Å². The zero-order valence-electron chi connectivity index (χ0n) is 12.4. The van der Waals surface area contributed by atoms with Crippen molar-refractivity contribution in [2.24, 2.45) is 12.8 Å². The SMILES string of the molecule is Cn1nccc1S(=O)(=O)N1CCC(N2CCC(N)CC2)C1. The zero-order chi connectivity index (χ0) is 15.0. The van der Waals surface area contributed by atoms with Gasteiger partial charge in [-0.05, 0) is 38.4 Å². The third-order valence-electron chi connectivity index (χ3n) is 4.60. The molecular weight excluding hydrogens is 290 g/mol. The zero-order valence-corrected chi connectivity index (χ0v) is 13.2. The van der Waals surface area contributed by atoms with E-state index in [1.807, 2.05) is 0 Å². The molecule has 0 saturated carbocycles. The minimum absolute atomic E-state index is 0.267. The van der Waals surface area contributed by atoms with E-state index in [-0.39, 0.29) is 5.03 Å². The fourth-order valence-electron chi connectivity index (χ4n) is 3.26. The number of aryl methyl sites for hydroxylation is 1. The second kappa shape index (κ2) is 5.68. The largest absolute Gasteiger partial charge is 0.328 e. The molecule has 0 bridgehead atoms. The van der Waals surface area contributed by atoms with Crippen molar-refractivity contribution in [2.75, 3.05) is 26.2 Å².